The Hall–Kier alpha value is -2.00. The summed E-state index contributed by atoms with van der Waals surface area (Å²) < 4.78 is 0. The molecule has 1 aromatic carbocycles. The van der Waals surface area contributed by atoms with Crippen LogP contribution in [0.15, 0.2) is 24.4 Å². The molecule has 2 N–H and O–H groups in total. The van der Waals surface area contributed by atoms with Crippen LogP contribution >= 0.6 is 34.8 Å². The number of likely N-dealkylation sites (tertiary alicyclic amines) is 1. The maximum Gasteiger partial charge on any atom is 0.320 e. The van der Waals surface area contributed by atoms with E-state index >= 15 is 0 Å². The van der Waals surface area contributed by atoms with Crippen LogP contribution in [0.25, 0.3) is 0 Å². The van der Waals surface area contributed by atoms with E-state index in [2.05, 4.69) is 25.5 Å². The number of piperazine rings is 1. The lowest BCUT2D eigenvalue weighted by atomic mass is 10.1. The van der Waals surface area contributed by atoms with Gasteiger partial charge < -0.3 is 25.3 Å². The molecule has 2 saturated heterocycles. The van der Waals surface area contributed by atoms with Gasteiger partial charge in [0.05, 0.1) is 12.2 Å². The number of urea groups is 1. The summed E-state index contributed by atoms with van der Waals surface area (Å²) in [5.74, 6) is 1.12. The average Bonchev–Trinajstić information content (AvgIpc) is 3.29. The number of aromatic nitrogens is 2. The van der Waals surface area contributed by atoms with Gasteiger partial charge in [0.15, 0.2) is 5.82 Å². The van der Waals surface area contributed by atoms with Crippen molar-refractivity contribution in [1.29, 1.82) is 0 Å². The van der Waals surface area contributed by atoms with Gasteiger partial charge in [-0.25, -0.2) is 9.78 Å². The average molecular weight is 513 g/mol. The molecule has 2 fully saturated rings. The van der Waals surface area contributed by atoms with Crippen molar-refractivity contribution in [3.63, 3.8) is 0 Å². The van der Waals surface area contributed by atoms with Crippen LogP contribution in [0.3, 0.4) is 0 Å². The highest BCUT2D eigenvalue weighted by Crippen LogP contribution is 2.30. The van der Waals surface area contributed by atoms with Crippen molar-refractivity contribution >= 4 is 52.6 Å². The Morgan fingerprint density at radius 1 is 1.09 bits per heavy atom. The molecule has 2 amide bonds. The van der Waals surface area contributed by atoms with Gasteiger partial charge in [0.1, 0.15) is 5.02 Å². The van der Waals surface area contributed by atoms with Gasteiger partial charge in [-0.3, -0.25) is 0 Å². The Morgan fingerprint density at radius 2 is 1.85 bits per heavy atom. The molecule has 2 aliphatic rings. The molecule has 3 heterocycles. The molecule has 2 aliphatic heterocycles. The lowest BCUT2D eigenvalue weighted by Crippen LogP contribution is -2.53. The fourth-order valence-electron chi connectivity index (χ4n) is 4.21. The normalized spacial score (nSPS) is 19.7. The highest BCUT2D eigenvalue weighted by Gasteiger charge is 2.31. The van der Waals surface area contributed by atoms with Gasteiger partial charge in [0.25, 0.3) is 0 Å². The number of halogens is 3. The van der Waals surface area contributed by atoms with Crippen molar-refractivity contribution in [3.05, 3.63) is 45.0 Å². The van der Waals surface area contributed by atoms with Gasteiger partial charge in [-0.2, -0.15) is 4.98 Å². The molecule has 8 nitrogen and oxygen atoms in total. The van der Waals surface area contributed by atoms with E-state index in [0.29, 0.717) is 59.1 Å². The molecule has 1 unspecified atom stereocenters. The largest absolute Gasteiger partial charge is 0.362 e. The number of nitrogens with one attached hydrogen (secondary N) is 2. The van der Waals surface area contributed by atoms with E-state index in [4.69, 9.17) is 34.8 Å². The Balaban J connectivity index is 1.38. The first-order valence-electron chi connectivity index (χ1n) is 11.1. The van der Waals surface area contributed by atoms with Crippen LogP contribution in [0, 0.1) is 0 Å². The third-order valence-electron chi connectivity index (χ3n) is 6.21. The van der Waals surface area contributed by atoms with Gasteiger partial charge in [0, 0.05) is 55.4 Å². The van der Waals surface area contributed by atoms with Crippen molar-refractivity contribution in [3.8, 4) is 0 Å². The van der Waals surface area contributed by atoms with Crippen LogP contribution in [0.5, 0.6) is 0 Å². The SMILES string of the molecule is CNC1CCN(C(=O)N2CCN(c3ncc(Cl)c(N[C@H](C)c4ccc(Cl)cc4Cl)n3)CC2)C1. The van der Waals surface area contributed by atoms with Crippen molar-refractivity contribution in [2.75, 3.05) is 56.5 Å². The monoisotopic (exact) mass is 511 g/mol. The Kier molecular flexibility index (Phi) is 7.69. The number of hydrogen-bond donors (Lipinski definition) is 2. The molecule has 4 rings (SSSR count). The zero-order chi connectivity index (χ0) is 23.5. The fraction of sp³-hybridized carbons (Fsp3) is 0.500. The van der Waals surface area contributed by atoms with Gasteiger partial charge in [0.2, 0.25) is 5.95 Å². The Bertz CT molecular complexity index is 1000. The Morgan fingerprint density at radius 3 is 2.52 bits per heavy atom. The Labute approximate surface area is 209 Å². The quantitative estimate of drug-likeness (QED) is 0.627. The topological polar surface area (TPSA) is 76.6 Å². The summed E-state index contributed by atoms with van der Waals surface area (Å²) in [6.45, 7) is 6.13. The summed E-state index contributed by atoms with van der Waals surface area (Å²) >= 11 is 18.7. The molecule has 0 saturated carbocycles. The molecule has 1 aromatic heterocycles. The first-order valence-corrected chi connectivity index (χ1v) is 12.2. The lowest BCUT2D eigenvalue weighted by Gasteiger charge is -2.36. The molecule has 11 heteroatoms. The fourth-order valence-corrected chi connectivity index (χ4v) is 4.93. The van der Waals surface area contributed by atoms with E-state index in [1.165, 1.54) is 0 Å². The van der Waals surface area contributed by atoms with E-state index in [1.54, 1.807) is 18.3 Å². The van der Waals surface area contributed by atoms with Gasteiger partial charge in [-0.05, 0) is 38.1 Å². The molecule has 0 bridgehead atoms. The third kappa shape index (κ3) is 5.57. The summed E-state index contributed by atoms with van der Waals surface area (Å²) in [7, 11) is 1.94. The first kappa shape index (κ1) is 24.1. The van der Waals surface area contributed by atoms with Gasteiger partial charge >= 0.3 is 6.03 Å². The molecular formula is C22H28Cl3N7O. The van der Waals surface area contributed by atoms with Crippen LogP contribution in [0.2, 0.25) is 15.1 Å². The molecule has 0 radical (unpaired) electrons. The van der Waals surface area contributed by atoms with E-state index < -0.39 is 0 Å². The second-order valence-electron chi connectivity index (χ2n) is 8.38. The first-order chi connectivity index (χ1) is 15.9. The van der Waals surface area contributed by atoms with E-state index in [9.17, 15) is 4.79 Å². The standard InChI is InChI=1S/C22H28Cl3N7O/c1-14(17-4-3-15(23)11-18(17)24)28-20-19(25)12-27-21(29-20)30-7-9-31(10-8-30)22(33)32-6-5-16(13-32)26-2/h3-4,11-12,14,16,26H,5-10,13H2,1-2H3,(H,27,28,29)/t14-,16?/m1/s1. The van der Waals surface area contributed by atoms with Crippen molar-refractivity contribution in [1.82, 2.24) is 25.1 Å². The highest BCUT2D eigenvalue weighted by atomic mass is 35.5. The molecule has 0 aliphatic carbocycles. The van der Waals surface area contributed by atoms with Gasteiger partial charge in [-0.15, -0.1) is 0 Å². The van der Waals surface area contributed by atoms with Crippen LogP contribution < -0.4 is 15.5 Å². The van der Waals surface area contributed by atoms with Gasteiger partial charge in [-0.1, -0.05) is 40.9 Å². The number of rotatable bonds is 5. The smallest absolute Gasteiger partial charge is 0.320 e. The summed E-state index contributed by atoms with van der Waals surface area (Å²) in [5, 5.41) is 8.17. The minimum atomic E-state index is -0.133. The number of amides is 2. The summed E-state index contributed by atoms with van der Waals surface area (Å²) in [6.07, 6.45) is 2.60. The molecule has 33 heavy (non-hydrogen) atoms. The number of benzene rings is 1. The third-order valence-corrected chi connectivity index (χ3v) is 7.05. The maximum absolute atomic E-state index is 12.8. The summed E-state index contributed by atoms with van der Waals surface area (Å²) in [5.41, 5.74) is 0.895. The molecular weight excluding hydrogens is 485 g/mol. The van der Waals surface area contributed by atoms with Crippen LogP contribution in [-0.2, 0) is 0 Å². The van der Waals surface area contributed by atoms with E-state index in [0.717, 1.165) is 25.1 Å². The van der Waals surface area contributed by atoms with Crippen LogP contribution in [0.4, 0.5) is 16.6 Å². The number of anilines is 2. The summed E-state index contributed by atoms with van der Waals surface area (Å²) in [4.78, 5) is 27.8. The number of hydrogen-bond acceptors (Lipinski definition) is 6. The van der Waals surface area contributed by atoms with E-state index in [-0.39, 0.29) is 12.1 Å². The lowest BCUT2D eigenvalue weighted by molar-refractivity contribution is 0.158. The zero-order valence-corrected chi connectivity index (χ0v) is 21.0. The summed E-state index contributed by atoms with van der Waals surface area (Å²) in [6, 6.07) is 5.76. The van der Waals surface area contributed by atoms with Crippen LogP contribution in [0.1, 0.15) is 24.9 Å². The number of carbonyl (C=O) groups is 1. The van der Waals surface area contributed by atoms with Crippen molar-refractivity contribution < 1.29 is 4.79 Å². The molecule has 0 spiro atoms. The van der Waals surface area contributed by atoms with Crippen LogP contribution in [-0.4, -0.2) is 78.2 Å². The van der Waals surface area contributed by atoms with Crippen molar-refractivity contribution in [2.24, 2.45) is 0 Å². The van der Waals surface area contributed by atoms with Crippen molar-refractivity contribution in [2.45, 2.75) is 25.4 Å². The predicted molar refractivity (Wildman–Crippen MR) is 134 cm³/mol. The number of carbonyl (C=O) groups excluding carboxylic acids is 1. The second kappa shape index (κ2) is 10.5. The second-order valence-corrected chi connectivity index (χ2v) is 9.63. The zero-order valence-electron chi connectivity index (χ0n) is 18.7. The minimum absolute atomic E-state index is 0.112. The maximum atomic E-state index is 12.8. The molecule has 2 atom stereocenters. The molecule has 178 valence electrons. The number of nitrogens with zero attached hydrogens (tertiary/aromatic N) is 5. The highest BCUT2D eigenvalue weighted by molar-refractivity contribution is 6.35. The van der Waals surface area contributed by atoms with E-state index in [1.807, 2.05) is 29.8 Å². The minimum Gasteiger partial charge on any atom is -0.362 e. The number of likely N-dealkylation sites (N-methyl/N-ethyl adjacent to an activating group) is 1. The predicted octanol–water partition coefficient (Wildman–Crippen LogP) is 4.15. The molecule has 2 aromatic rings.